The van der Waals surface area contributed by atoms with Gasteiger partial charge in [-0.3, -0.25) is 4.79 Å². The van der Waals surface area contributed by atoms with Crippen LogP contribution in [0.4, 0.5) is 5.95 Å². The van der Waals surface area contributed by atoms with Gasteiger partial charge < -0.3 is 20.5 Å². The van der Waals surface area contributed by atoms with Crippen LogP contribution in [-0.4, -0.2) is 33.5 Å². The maximum Gasteiger partial charge on any atom is 0.248 e. The maximum atomic E-state index is 12.5. The van der Waals surface area contributed by atoms with Crippen LogP contribution in [0.1, 0.15) is 37.4 Å². The number of amides is 1. The highest BCUT2D eigenvalue weighted by atomic mass is 79.9. The van der Waals surface area contributed by atoms with Gasteiger partial charge in [0.1, 0.15) is 12.6 Å². The number of anilines is 1. The molecule has 0 saturated heterocycles. The van der Waals surface area contributed by atoms with Crippen LogP contribution in [-0.2, 0) is 11.4 Å². The summed E-state index contributed by atoms with van der Waals surface area (Å²) in [4.78, 5) is 17.1. The summed E-state index contributed by atoms with van der Waals surface area (Å²) in [5, 5.41) is 9.08. The van der Waals surface area contributed by atoms with Gasteiger partial charge in [0.2, 0.25) is 17.0 Å². The Morgan fingerprint density at radius 2 is 2.11 bits per heavy atom. The number of carbonyl (C=O) groups is 1. The van der Waals surface area contributed by atoms with E-state index in [4.69, 9.17) is 26.8 Å². The Labute approximate surface area is 221 Å². The van der Waals surface area contributed by atoms with E-state index in [2.05, 4.69) is 38.3 Å². The topological polar surface area (TPSA) is 104 Å². The summed E-state index contributed by atoms with van der Waals surface area (Å²) in [5.41, 5.74) is 8.43. The molecule has 1 amide bonds. The molecular formula is C24H25BrClN5O3S. The zero-order valence-electron chi connectivity index (χ0n) is 19.5. The Morgan fingerprint density at radius 1 is 1.34 bits per heavy atom. The van der Waals surface area contributed by atoms with Crippen LogP contribution in [0, 0.1) is 0 Å². The van der Waals surface area contributed by atoms with Crippen LogP contribution < -0.4 is 20.5 Å². The lowest BCUT2D eigenvalue weighted by Crippen LogP contribution is -2.31. The first-order valence-electron chi connectivity index (χ1n) is 10.9. The van der Waals surface area contributed by atoms with Gasteiger partial charge in [-0.05, 0) is 53.0 Å². The van der Waals surface area contributed by atoms with Crippen molar-refractivity contribution in [2.45, 2.75) is 38.1 Å². The van der Waals surface area contributed by atoms with Crippen molar-refractivity contribution in [1.29, 1.82) is 0 Å². The Hall–Kier alpha value is -2.69. The Balaban J connectivity index is 1.75. The van der Waals surface area contributed by atoms with E-state index in [1.165, 1.54) is 0 Å². The summed E-state index contributed by atoms with van der Waals surface area (Å²) < 4.78 is 14.1. The second-order valence-corrected chi connectivity index (χ2v) is 10.2. The van der Waals surface area contributed by atoms with Crippen molar-refractivity contribution in [3.63, 3.8) is 0 Å². The molecule has 1 aliphatic rings. The van der Waals surface area contributed by atoms with E-state index in [-0.39, 0.29) is 6.61 Å². The minimum absolute atomic E-state index is 0.262. The number of halogens is 2. The van der Waals surface area contributed by atoms with Crippen molar-refractivity contribution in [3.05, 3.63) is 68.3 Å². The summed E-state index contributed by atoms with van der Waals surface area (Å²) in [6, 6.07) is 10.6. The molecule has 1 atom stereocenters. The molecule has 11 heteroatoms. The number of rotatable bonds is 9. The number of ether oxygens (including phenoxy) is 2. The predicted octanol–water partition coefficient (Wildman–Crippen LogP) is 5.56. The first-order valence-corrected chi connectivity index (χ1v) is 13.1. The first-order chi connectivity index (χ1) is 16.8. The summed E-state index contributed by atoms with van der Waals surface area (Å²) >= 11 is 11.4. The van der Waals surface area contributed by atoms with Crippen LogP contribution in [0.2, 0.25) is 5.02 Å². The fourth-order valence-corrected chi connectivity index (χ4v) is 5.26. The molecule has 3 N–H and O–H groups in total. The lowest BCUT2D eigenvalue weighted by molar-refractivity contribution is -0.115. The standard InChI is InChI=1S/C24H25BrClN5O3S/c1-4-9-35-24-29-23-28-13(2)19(22(27)32)20(31(23)30-24)15-10-16(25)21(18(11-15)33-3)34-12-14-7-5-6-8-17(14)26/h5-8,10-11,20H,4,9,12H2,1-3H3,(H2,27,32)(H,28,29,30). The summed E-state index contributed by atoms with van der Waals surface area (Å²) in [6.45, 7) is 4.16. The number of nitrogens with zero attached hydrogens (tertiary/aromatic N) is 3. The number of fused-ring (bicyclic) bond motifs is 1. The van der Waals surface area contributed by atoms with E-state index in [0.29, 0.717) is 43.4 Å². The van der Waals surface area contributed by atoms with Gasteiger partial charge in [0.25, 0.3) is 0 Å². The molecule has 0 aliphatic carbocycles. The van der Waals surface area contributed by atoms with Crippen LogP contribution in [0.3, 0.4) is 0 Å². The quantitative estimate of drug-likeness (QED) is 0.321. The molecule has 35 heavy (non-hydrogen) atoms. The third kappa shape index (κ3) is 5.29. The number of carbonyl (C=O) groups excluding carboxylic acids is 1. The van der Waals surface area contributed by atoms with Crippen molar-refractivity contribution < 1.29 is 14.3 Å². The van der Waals surface area contributed by atoms with E-state index < -0.39 is 11.9 Å². The number of benzene rings is 2. The molecule has 0 fully saturated rings. The van der Waals surface area contributed by atoms with Crippen molar-refractivity contribution in [2.24, 2.45) is 5.73 Å². The second kappa shape index (κ2) is 10.9. The minimum Gasteiger partial charge on any atom is -0.493 e. The molecule has 0 bridgehead atoms. The molecule has 0 radical (unpaired) electrons. The fourth-order valence-electron chi connectivity index (χ4n) is 3.82. The van der Waals surface area contributed by atoms with Gasteiger partial charge in [-0.2, -0.15) is 4.98 Å². The molecular weight excluding hydrogens is 554 g/mol. The van der Waals surface area contributed by atoms with Crippen molar-refractivity contribution in [2.75, 3.05) is 18.2 Å². The molecule has 1 aliphatic heterocycles. The highest BCUT2D eigenvalue weighted by molar-refractivity contribution is 9.10. The summed E-state index contributed by atoms with van der Waals surface area (Å²) in [5.74, 6) is 1.90. The number of thioether (sulfide) groups is 1. The van der Waals surface area contributed by atoms with Gasteiger partial charge in [0, 0.05) is 22.0 Å². The van der Waals surface area contributed by atoms with E-state index >= 15 is 0 Å². The van der Waals surface area contributed by atoms with Crippen LogP contribution in [0.5, 0.6) is 11.5 Å². The molecule has 2 heterocycles. The third-order valence-electron chi connectivity index (χ3n) is 5.43. The SMILES string of the molecule is CCCSc1nc2n(n1)C(c1cc(Br)c(OCc3ccccc3Cl)c(OC)c1)C(C(N)=O)=C(C)N2. The van der Waals surface area contributed by atoms with Crippen molar-refractivity contribution in [1.82, 2.24) is 14.8 Å². The van der Waals surface area contributed by atoms with Crippen molar-refractivity contribution >= 4 is 51.1 Å². The number of primary amides is 1. The zero-order valence-corrected chi connectivity index (χ0v) is 22.6. The maximum absolute atomic E-state index is 12.5. The molecule has 1 unspecified atom stereocenters. The molecule has 4 rings (SSSR count). The molecule has 8 nitrogen and oxygen atoms in total. The fraction of sp³-hybridized carbons (Fsp3) is 0.292. The summed E-state index contributed by atoms with van der Waals surface area (Å²) in [7, 11) is 1.56. The highest BCUT2D eigenvalue weighted by Gasteiger charge is 2.34. The van der Waals surface area contributed by atoms with E-state index in [1.807, 2.05) is 36.4 Å². The number of allylic oxidation sites excluding steroid dienone is 1. The normalized spacial score (nSPS) is 14.9. The largest absolute Gasteiger partial charge is 0.493 e. The Morgan fingerprint density at radius 3 is 2.80 bits per heavy atom. The lowest BCUT2D eigenvalue weighted by atomic mass is 9.95. The van der Waals surface area contributed by atoms with Gasteiger partial charge in [-0.15, -0.1) is 5.10 Å². The molecule has 0 spiro atoms. The molecule has 184 valence electrons. The molecule has 2 aromatic carbocycles. The molecule has 1 aromatic heterocycles. The average molecular weight is 579 g/mol. The number of nitrogens with two attached hydrogens (primary N) is 1. The Kier molecular flexibility index (Phi) is 7.93. The highest BCUT2D eigenvalue weighted by Crippen LogP contribution is 2.43. The van der Waals surface area contributed by atoms with E-state index in [0.717, 1.165) is 23.3 Å². The smallest absolute Gasteiger partial charge is 0.248 e. The number of hydrogen-bond acceptors (Lipinski definition) is 7. The van der Waals surface area contributed by atoms with Crippen LogP contribution >= 0.6 is 39.3 Å². The van der Waals surface area contributed by atoms with Gasteiger partial charge in [0.15, 0.2) is 11.5 Å². The van der Waals surface area contributed by atoms with E-state index in [1.54, 1.807) is 30.5 Å². The van der Waals surface area contributed by atoms with Crippen molar-refractivity contribution in [3.8, 4) is 11.5 Å². The van der Waals surface area contributed by atoms with Gasteiger partial charge in [-0.25, -0.2) is 4.68 Å². The van der Waals surface area contributed by atoms with Gasteiger partial charge >= 0.3 is 0 Å². The van der Waals surface area contributed by atoms with Crippen LogP contribution in [0.15, 0.2) is 57.3 Å². The Bertz CT molecular complexity index is 1300. The number of hydrogen-bond donors (Lipinski definition) is 2. The zero-order chi connectivity index (χ0) is 25.1. The van der Waals surface area contributed by atoms with Gasteiger partial charge in [-0.1, -0.05) is 48.5 Å². The van der Waals surface area contributed by atoms with Gasteiger partial charge in [0.05, 0.1) is 17.2 Å². The predicted molar refractivity (Wildman–Crippen MR) is 141 cm³/mol. The molecule has 3 aromatic rings. The van der Waals surface area contributed by atoms with E-state index in [9.17, 15) is 4.79 Å². The van der Waals surface area contributed by atoms with Crippen LogP contribution in [0.25, 0.3) is 0 Å². The lowest BCUT2D eigenvalue weighted by Gasteiger charge is -2.28. The number of methoxy groups -OCH3 is 1. The minimum atomic E-state index is -0.588. The third-order valence-corrected chi connectivity index (χ3v) is 7.43. The number of nitrogens with one attached hydrogen (secondary N) is 1. The second-order valence-electron chi connectivity index (χ2n) is 7.86. The molecule has 0 saturated carbocycles. The summed E-state index contributed by atoms with van der Waals surface area (Å²) in [6.07, 6.45) is 0.995. The first kappa shape index (κ1) is 25.4. The average Bonchev–Trinajstić information content (AvgIpc) is 3.23. The monoisotopic (exact) mass is 577 g/mol. The number of aromatic nitrogens is 3.